The number of carbonyl (C=O) groups excluding carboxylic acids is 2. The van der Waals surface area contributed by atoms with E-state index in [0.29, 0.717) is 12.2 Å². The summed E-state index contributed by atoms with van der Waals surface area (Å²) < 4.78 is 5.60. The lowest BCUT2D eigenvalue weighted by Gasteiger charge is -2.09. The summed E-state index contributed by atoms with van der Waals surface area (Å²) in [4.78, 5) is 24.6. The molecule has 2 aromatic carbocycles. The van der Waals surface area contributed by atoms with Gasteiger partial charge in [-0.3, -0.25) is 9.59 Å². The molecule has 2 rings (SSSR count). The minimum Gasteiger partial charge on any atom is -0.494 e. The zero-order chi connectivity index (χ0) is 20.2. The van der Waals surface area contributed by atoms with E-state index >= 15 is 0 Å². The third-order valence-electron chi connectivity index (χ3n) is 3.95. The molecular formula is C23H26N2O3. The normalized spacial score (nSPS) is 11.3. The van der Waals surface area contributed by atoms with Crippen LogP contribution < -0.4 is 15.4 Å². The number of carbonyl (C=O) groups is 2. The van der Waals surface area contributed by atoms with Crippen LogP contribution in [-0.4, -0.2) is 25.5 Å². The molecule has 2 aromatic rings. The molecule has 0 unspecified atom stereocenters. The summed E-state index contributed by atoms with van der Waals surface area (Å²) in [6.07, 6.45) is 7.21. The van der Waals surface area contributed by atoms with Gasteiger partial charge in [-0.25, -0.2) is 0 Å². The van der Waals surface area contributed by atoms with Crippen molar-refractivity contribution >= 4 is 17.9 Å². The van der Waals surface area contributed by atoms with Gasteiger partial charge in [-0.15, -0.1) is 0 Å². The first-order valence-corrected chi connectivity index (χ1v) is 9.33. The van der Waals surface area contributed by atoms with Crippen LogP contribution in [0, 0.1) is 0 Å². The van der Waals surface area contributed by atoms with Gasteiger partial charge >= 0.3 is 0 Å². The van der Waals surface area contributed by atoms with E-state index in [-0.39, 0.29) is 17.5 Å². The number of nitrogens with one attached hydrogen (secondary N) is 2. The first-order chi connectivity index (χ1) is 13.6. The highest BCUT2D eigenvalue weighted by Gasteiger charge is 2.12. The summed E-state index contributed by atoms with van der Waals surface area (Å²) in [6, 6.07) is 16.6. The molecule has 0 heterocycles. The van der Waals surface area contributed by atoms with E-state index in [1.807, 2.05) is 36.4 Å². The molecule has 0 aliphatic carbocycles. The minimum atomic E-state index is -0.370. The van der Waals surface area contributed by atoms with E-state index in [1.165, 1.54) is 7.05 Å². The van der Waals surface area contributed by atoms with Crippen molar-refractivity contribution in [3.63, 3.8) is 0 Å². The summed E-state index contributed by atoms with van der Waals surface area (Å²) in [6.45, 7) is 2.75. The lowest BCUT2D eigenvalue weighted by molar-refractivity contribution is -0.117. The van der Waals surface area contributed by atoms with E-state index in [9.17, 15) is 9.59 Å². The molecular weight excluding hydrogens is 352 g/mol. The van der Waals surface area contributed by atoms with Crippen LogP contribution in [0.2, 0.25) is 0 Å². The molecule has 0 saturated carbocycles. The molecule has 0 aliphatic rings. The molecule has 0 bridgehead atoms. The highest BCUT2D eigenvalue weighted by molar-refractivity contribution is 6.03. The largest absolute Gasteiger partial charge is 0.494 e. The minimum absolute atomic E-state index is 0.169. The molecule has 146 valence electrons. The van der Waals surface area contributed by atoms with Gasteiger partial charge in [0.25, 0.3) is 11.8 Å². The maximum atomic E-state index is 12.5. The molecule has 0 fully saturated rings. The third kappa shape index (κ3) is 6.76. The highest BCUT2D eigenvalue weighted by atomic mass is 16.5. The van der Waals surface area contributed by atoms with E-state index in [0.717, 1.165) is 24.2 Å². The topological polar surface area (TPSA) is 67.4 Å². The first kappa shape index (κ1) is 21.0. The molecule has 0 radical (unpaired) electrons. The van der Waals surface area contributed by atoms with Crippen molar-refractivity contribution in [2.45, 2.75) is 19.8 Å². The molecule has 28 heavy (non-hydrogen) atoms. The quantitative estimate of drug-likeness (QED) is 0.395. The average molecular weight is 378 g/mol. The Morgan fingerprint density at radius 2 is 1.75 bits per heavy atom. The van der Waals surface area contributed by atoms with Crippen molar-refractivity contribution in [2.24, 2.45) is 0 Å². The zero-order valence-corrected chi connectivity index (χ0v) is 16.3. The van der Waals surface area contributed by atoms with Crippen LogP contribution in [0.5, 0.6) is 5.75 Å². The molecule has 5 heteroatoms. The Bertz CT molecular complexity index is 825. The summed E-state index contributed by atoms with van der Waals surface area (Å²) in [5, 5.41) is 5.19. The van der Waals surface area contributed by atoms with Crippen LogP contribution in [0.25, 0.3) is 6.08 Å². The van der Waals surface area contributed by atoms with Crippen molar-refractivity contribution in [1.29, 1.82) is 0 Å². The highest BCUT2D eigenvalue weighted by Crippen LogP contribution is 2.13. The molecule has 2 amide bonds. The number of unbranched alkanes of at least 4 members (excludes halogenated alkanes) is 1. The Labute approximate surface area is 166 Å². The number of likely N-dealkylation sites (N-methyl/N-ethyl adjacent to an activating group) is 1. The molecule has 0 aliphatic heterocycles. The number of hydrogen-bond donors (Lipinski definition) is 2. The van der Waals surface area contributed by atoms with Crippen molar-refractivity contribution < 1.29 is 14.3 Å². The van der Waals surface area contributed by atoms with Gasteiger partial charge in [0, 0.05) is 12.6 Å². The van der Waals surface area contributed by atoms with Crippen LogP contribution in [0.4, 0.5) is 0 Å². The SMILES string of the molecule is CCCCOc1ccc(C(=O)N/C(=C\C=C\c2ccccc2)C(=O)NC)cc1. The molecule has 0 atom stereocenters. The number of rotatable bonds is 9. The summed E-state index contributed by atoms with van der Waals surface area (Å²) in [5.74, 6) is -0.00786. The fraction of sp³-hybridized carbons (Fsp3) is 0.217. The van der Waals surface area contributed by atoms with Gasteiger partial charge in [0.1, 0.15) is 11.4 Å². The third-order valence-corrected chi connectivity index (χ3v) is 3.95. The monoisotopic (exact) mass is 378 g/mol. The van der Waals surface area contributed by atoms with Crippen molar-refractivity contribution in [2.75, 3.05) is 13.7 Å². The number of allylic oxidation sites excluding steroid dienone is 2. The fourth-order valence-corrected chi connectivity index (χ4v) is 2.36. The molecule has 2 N–H and O–H groups in total. The van der Waals surface area contributed by atoms with Crippen LogP contribution in [0.1, 0.15) is 35.7 Å². The Hall–Kier alpha value is -3.34. The zero-order valence-electron chi connectivity index (χ0n) is 16.3. The van der Waals surface area contributed by atoms with Gasteiger partial charge in [0.2, 0.25) is 0 Å². The van der Waals surface area contributed by atoms with E-state index < -0.39 is 0 Å². The van der Waals surface area contributed by atoms with Gasteiger partial charge in [-0.2, -0.15) is 0 Å². The van der Waals surface area contributed by atoms with E-state index in [2.05, 4.69) is 17.6 Å². The Morgan fingerprint density at radius 1 is 1.04 bits per heavy atom. The van der Waals surface area contributed by atoms with Gasteiger partial charge in [0.05, 0.1) is 6.61 Å². The number of hydrogen-bond acceptors (Lipinski definition) is 3. The second kappa shape index (κ2) is 11.4. The van der Waals surface area contributed by atoms with E-state index in [1.54, 1.807) is 36.4 Å². The number of amides is 2. The summed E-state index contributed by atoms with van der Waals surface area (Å²) in [5.41, 5.74) is 1.62. The first-order valence-electron chi connectivity index (χ1n) is 9.33. The van der Waals surface area contributed by atoms with Gasteiger partial charge in [0.15, 0.2) is 0 Å². The lowest BCUT2D eigenvalue weighted by Crippen LogP contribution is -2.33. The maximum Gasteiger partial charge on any atom is 0.267 e. The van der Waals surface area contributed by atoms with Gasteiger partial charge < -0.3 is 15.4 Å². The Kier molecular flexibility index (Phi) is 8.53. The molecule has 0 saturated heterocycles. The second-order valence-corrected chi connectivity index (χ2v) is 6.11. The maximum absolute atomic E-state index is 12.5. The van der Waals surface area contributed by atoms with Gasteiger partial charge in [-0.1, -0.05) is 55.8 Å². The lowest BCUT2D eigenvalue weighted by atomic mass is 10.2. The van der Waals surface area contributed by atoms with Crippen LogP contribution in [0.15, 0.2) is 72.4 Å². The number of benzene rings is 2. The molecule has 0 spiro atoms. The predicted molar refractivity (Wildman–Crippen MR) is 112 cm³/mol. The second-order valence-electron chi connectivity index (χ2n) is 6.11. The Morgan fingerprint density at radius 3 is 2.39 bits per heavy atom. The fourth-order valence-electron chi connectivity index (χ4n) is 2.36. The van der Waals surface area contributed by atoms with E-state index in [4.69, 9.17) is 4.74 Å². The number of ether oxygens (including phenoxy) is 1. The molecule has 5 nitrogen and oxygen atoms in total. The van der Waals surface area contributed by atoms with Crippen molar-refractivity contribution in [1.82, 2.24) is 10.6 Å². The van der Waals surface area contributed by atoms with Crippen LogP contribution in [0.3, 0.4) is 0 Å². The standard InChI is InChI=1S/C23H26N2O3/c1-3-4-17-28-20-15-13-19(14-16-20)22(26)25-21(23(27)24-2)12-8-11-18-9-6-5-7-10-18/h5-16H,3-4,17H2,1-2H3,(H,24,27)(H,25,26)/b11-8+,21-12-. The van der Waals surface area contributed by atoms with Crippen LogP contribution in [-0.2, 0) is 4.79 Å². The molecule has 0 aromatic heterocycles. The smallest absolute Gasteiger partial charge is 0.267 e. The average Bonchev–Trinajstić information content (AvgIpc) is 2.73. The summed E-state index contributed by atoms with van der Waals surface area (Å²) in [7, 11) is 1.52. The van der Waals surface area contributed by atoms with Crippen LogP contribution >= 0.6 is 0 Å². The summed E-state index contributed by atoms with van der Waals surface area (Å²) >= 11 is 0. The predicted octanol–water partition coefficient (Wildman–Crippen LogP) is 3.94. The Balaban J connectivity index is 2.05. The van der Waals surface area contributed by atoms with Crippen molar-refractivity contribution in [3.8, 4) is 5.75 Å². The van der Waals surface area contributed by atoms with Crippen molar-refractivity contribution in [3.05, 3.63) is 83.6 Å². The van der Waals surface area contributed by atoms with Gasteiger partial charge in [-0.05, 0) is 42.3 Å².